The van der Waals surface area contributed by atoms with Crippen LogP contribution in [0.15, 0.2) is 30.5 Å². The van der Waals surface area contributed by atoms with Crippen LogP contribution in [0.3, 0.4) is 0 Å². The molecule has 1 unspecified atom stereocenters. The highest BCUT2D eigenvalue weighted by Gasteiger charge is 2.28. The lowest BCUT2D eigenvalue weighted by atomic mass is 10.1. The number of ether oxygens (including phenoxy) is 1. The van der Waals surface area contributed by atoms with E-state index in [0.29, 0.717) is 18.7 Å². The lowest BCUT2D eigenvalue weighted by Gasteiger charge is -2.26. The van der Waals surface area contributed by atoms with Gasteiger partial charge in [-0.25, -0.2) is 4.79 Å². The molecule has 1 aromatic heterocycles. The van der Waals surface area contributed by atoms with Gasteiger partial charge in [0.15, 0.2) is 0 Å². The minimum Gasteiger partial charge on any atom is -0.480 e. The van der Waals surface area contributed by atoms with E-state index in [1.807, 2.05) is 28.8 Å². The lowest BCUT2D eigenvalue weighted by Crippen LogP contribution is -2.46. The first-order valence-electron chi connectivity index (χ1n) is 8.71. The van der Waals surface area contributed by atoms with Gasteiger partial charge in [0.05, 0.1) is 12.2 Å². The average molecular weight is 375 g/mol. The lowest BCUT2D eigenvalue weighted by molar-refractivity contribution is -0.141. The number of nitrogens with zero attached hydrogens (tertiary/aromatic N) is 2. The second kappa shape index (κ2) is 9.18. The summed E-state index contributed by atoms with van der Waals surface area (Å²) in [5.74, 6) is -1.72. The van der Waals surface area contributed by atoms with Crippen molar-refractivity contribution in [2.24, 2.45) is 0 Å². The molecule has 0 radical (unpaired) electrons. The predicted molar refractivity (Wildman–Crippen MR) is 101 cm³/mol. The summed E-state index contributed by atoms with van der Waals surface area (Å²) < 4.78 is 7.04. The number of rotatable bonds is 9. The largest absolute Gasteiger partial charge is 0.480 e. The number of carbonyl (C=O) groups is 3. The molecule has 1 aromatic carbocycles. The number of carbonyl (C=O) groups excluding carboxylic acids is 2. The predicted octanol–water partition coefficient (Wildman–Crippen LogP) is 1.34. The van der Waals surface area contributed by atoms with Gasteiger partial charge < -0.3 is 24.6 Å². The molecule has 0 aliphatic heterocycles. The topological polar surface area (TPSA) is 101 Å². The average Bonchev–Trinajstić information content (AvgIpc) is 3.01. The van der Waals surface area contributed by atoms with E-state index >= 15 is 0 Å². The number of nitrogens with one attached hydrogen (secondary N) is 1. The first-order valence-corrected chi connectivity index (χ1v) is 8.71. The van der Waals surface area contributed by atoms with Crippen LogP contribution in [0, 0.1) is 0 Å². The maximum atomic E-state index is 13.2. The quantitative estimate of drug-likeness (QED) is 0.689. The Morgan fingerprint density at radius 2 is 2.00 bits per heavy atom. The van der Waals surface area contributed by atoms with Gasteiger partial charge >= 0.3 is 5.97 Å². The number of aliphatic carboxylic acids is 1. The van der Waals surface area contributed by atoms with E-state index in [1.165, 1.54) is 18.7 Å². The maximum absolute atomic E-state index is 13.2. The van der Waals surface area contributed by atoms with Gasteiger partial charge in [-0.2, -0.15) is 0 Å². The maximum Gasteiger partial charge on any atom is 0.326 e. The van der Waals surface area contributed by atoms with Gasteiger partial charge in [0.2, 0.25) is 5.91 Å². The van der Waals surface area contributed by atoms with Crippen LogP contribution in [-0.2, 0) is 20.9 Å². The normalized spacial score (nSPS) is 12.0. The molecule has 0 bridgehead atoms. The minimum atomic E-state index is -1.10. The fourth-order valence-corrected chi connectivity index (χ4v) is 2.90. The summed E-state index contributed by atoms with van der Waals surface area (Å²) >= 11 is 0. The molecule has 8 nitrogen and oxygen atoms in total. The van der Waals surface area contributed by atoms with Crippen molar-refractivity contribution in [1.29, 1.82) is 0 Å². The van der Waals surface area contributed by atoms with Gasteiger partial charge in [0.1, 0.15) is 6.04 Å². The highest BCUT2D eigenvalue weighted by atomic mass is 16.5. The molecule has 2 aromatic rings. The smallest absolute Gasteiger partial charge is 0.326 e. The summed E-state index contributed by atoms with van der Waals surface area (Å²) in [4.78, 5) is 37.0. The molecular formula is C19H25N3O5. The third-order valence-corrected chi connectivity index (χ3v) is 4.37. The molecule has 1 heterocycles. The zero-order chi connectivity index (χ0) is 20.0. The third-order valence-electron chi connectivity index (χ3n) is 4.37. The van der Waals surface area contributed by atoms with Crippen LogP contribution in [0.2, 0.25) is 0 Å². The van der Waals surface area contributed by atoms with Crippen LogP contribution in [0.5, 0.6) is 0 Å². The number of methoxy groups -OCH3 is 1. The third kappa shape index (κ3) is 4.85. The fraction of sp³-hybridized carbons (Fsp3) is 0.421. The highest BCUT2D eigenvalue weighted by Crippen LogP contribution is 2.23. The van der Waals surface area contributed by atoms with Gasteiger partial charge in [-0.1, -0.05) is 18.2 Å². The molecular weight excluding hydrogens is 350 g/mol. The van der Waals surface area contributed by atoms with E-state index in [2.05, 4.69) is 5.32 Å². The van der Waals surface area contributed by atoms with E-state index in [-0.39, 0.29) is 24.9 Å². The van der Waals surface area contributed by atoms with Gasteiger partial charge in [0.25, 0.3) is 5.91 Å². The van der Waals surface area contributed by atoms with E-state index in [0.717, 1.165) is 10.9 Å². The van der Waals surface area contributed by atoms with Gasteiger partial charge in [-0.15, -0.1) is 0 Å². The van der Waals surface area contributed by atoms with E-state index in [1.54, 1.807) is 13.3 Å². The molecule has 1 atom stereocenters. The number of fused-ring (bicyclic) bond motifs is 1. The number of aromatic nitrogens is 1. The Morgan fingerprint density at radius 3 is 2.63 bits per heavy atom. The van der Waals surface area contributed by atoms with Crippen molar-refractivity contribution in [3.8, 4) is 0 Å². The molecule has 2 rings (SSSR count). The molecule has 0 saturated heterocycles. The number of hydrogen-bond donors (Lipinski definition) is 2. The van der Waals surface area contributed by atoms with E-state index < -0.39 is 12.0 Å². The van der Waals surface area contributed by atoms with Gasteiger partial charge in [0, 0.05) is 50.8 Å². The Morgan fingerprint density at radius 1 is 1.30 bits per heavy atom. The number of hydrogen-bond acceptors (Lipinski definition) is 4. The summed E-state index contributed by atoms with van der Waals surface area (Å²) in [5.41, 5.74) is 1.31. The number of amides is 2. The van der Waals surface area contributed by atoms with Crippen LogP contribution in [0.25, 0.3) is 10.9 Å². The molecule has 27 heavy (non-hydrogen) atoms. The summed E-state index contributed by atoms with van der Waals surface area (Å²) in [7, 11) is 1.61. The fourth-order valence-electron chi connectivity index (χ4n) is 2.90. The molecule has 2 N–H and O–H groups in total. The van der Waals surface area contributed by atoms with Crippen LogP contribution in [-0.4, -0.2) is 65.2 Å². The minimum absolute atomic E-state index is 0.101. The van der Waals surface area contributed by atoms with Crippen molar-refractivity contribution >= 4 is 28.7 Å². The van der Waals surface area contributed by atoms with Crippen LogP contribution < -0.4 is 5.32 Å². The monoisotopic (exact) mass is 375 g/mol. The molecule has 0 fully saturated rings. The second-order valence-electron chi connectivity index (χ2n) is 6.24. The van der Waals surface area contributed by atoms with Crippen molar-refractivity contribution in [1.82, 2.24) is 14.8 Å². The Labute approximate surface area is 157 Å². The summed E-state index contributed by atoms with van der Waals surface area (Å²) in [6, 6.07) is 6.44. The summed E-state index contributed by atoms with van der Waals surface area (Å²) in [5, 5.41) is 12.7. The number of carboxylic acid groups (broad SMARTS) is 1. The number of benzene rings is 1. The Bertz CT molecular complexity index is 830. The summed E-state index contributed by atoms with van der Waals surface area (Å²) in [6.45, 7) is 4.17. The second-order valence-corrected chi connectivity index (χ2v) is 6.24. The zero-order valence-electron chi connectivity index (χ0n) is 15.8. The molecule has 0 aliphatic carbocycles. The first kappa shape index (κ1) is 20.4. The van der Waals surface area contributed by atoms with Crippen molar-refractivity contribution in [2.45, 2.75) is 26.4 Å². The summed E-state index contributed by atoms with van der Waals surface area (Å²) in [6.07, 6.45) is 1.73. The molecule has 0 spiro atoms. The van der Waals surface area contributed by atoms with Crippen LogP contribution in [0.4, 0.5) is 0 Å². The Hall–Kier alpha value is -2.87. The van der Waals surface area contributed by atoms with Crippen molar-refractivity contribution in [3.05, 3.63) is 36.0 Å². The zero-order valence-corrected chi connectivity index (χ0v) is 15.8. The standard InChI is InChI=1S/C19H25N3O5/c1-13(19(25)26)22(9-8-20-14(2)23)18(24)16-12-21(10-11-27-3)17-7-5-4-6-15(16)17/h4-7,12-13H,8-11H2,1-3H3,(H,20,23)(H,25,26). The Kier molecular flexibility index (Phi) is 6.95. The molecule has 0 saturated carbocycles. The van der Waals surface area contributed by atoms with E-state index in [9.17, 15) is 19.5 Å². The Balaban J connectivity index is 2.38. The number of para-hydroxylation sites is 1. The SMILES string of the molecule is COCCn1cc(C(=O)N(CCNC(C)=O)C(C)C(=O)O)c2ccccc21. The van der Waals surface area contributed by atoms with Crippen molar-refractivity contribution in [2.75, 3.05) is 26.8 Å². The van der Waals surface area contributed by atoms with E-state index in [4.69, 9.17) is 4.74 Å². The molecule has 0 aliphatic rings. The van der Waals surface area contributed by atoms with Crippen molar-refractivity contribution < 1.29 is 24.2 Å². The van der Waals surface area contributed by atoms with Crippen molar-refractivity contribution in [3.63, 3.8) is 0 Å². The first-order chi connectivity index (χ1) is 12.9. The van der Waals surface area contributed by atoms with Gasteiger partial charge in [-0.3, -0.25) is 9.59 Å². The van der Waals surface area contributed by atoms with Crippen LogP contribution in [0.1, 0.15) is 24.2 Å². The number of carboxylic acids is 1. The van der Waals surface area contributed by atoms with Gasteiger partial charge in [-0.05, 0) is 13.0 Å². The molecule has 146 valence electrons. The molecule has 8 heteroatoms. The highest BCUT2D eigenvalue weighted by molar-refractivity contribution is 6.07. The molecule has 2 amide bonds. The van der Waals surface area contributed by atoms with Crippen LogP contribution >= 0.6 is 0 Å².